The number of aliphatic hydroxyl groups is 1. The summed E-state index contributed by atoms with van der Waals surface area (Å²) in [5.41, 5.74) is 0.748. The Morgan fingerprint density at radius 2 is 2.31 bits per heavy atom. The predicted octanol–water partition coefficient (Wildman–Crippen LogP) is 1.99. The molecule has 1 aromatic heterocycles. The van der Waals surface area contributed by atoms with E-state index in [2.05, 4.69) is 18.9 Å². The molecule has 0 spiro atoms. The number of ether oxygens (including phenoxy) is 1. The van der Waals surface area contributed by atoms with E-state index in [1.807, 2.05) is 7.05 Å². The summed E-state index contributed by atoms with van der Waals surface area (Å²) in [6.45, 7) is 4.31. The maximum absolute atomic E-state index is 10.1. The van der Waals surface area contributed by atoms with Gasteiger partial charge in [-0.2, -0.15) is 16.9 Å². The number of hydrogen-bond donors (Lipinski definition) is 1. The van der Waals surface area contributed by atoms with Gasteiger partial charge in [-0.3, -0.25) is 4.68 Å². The fourth-order valence-corrected chi connectivity index (χ4v) is 2.32. The molecule has 0 saturated carbocycles. The summed E-state index contributed by atoms with van der Waals surface area (Å²) in [5.74, 6) is 1.32. The first-order chi connectivity index (χ1) is 7.60. The summed E-state index contributed by atoms with van der Waals surface area (Å²) in [5, 5.41) is 14.7. The van der Waals surface area contributed by atoms with Gasteiger partial charge in [-0.1, -0.05) is 13.8 Å². The van der Waals surface area contributed by atoms with Gasteiger partial charge in [0.15, 0.2) is 5.75 Å². The number of nitrogens with zero attached hydrogens (tertiary/aromatic N) is 2. The number of hydrogen-bond acceptors (Lipinski definition) is 4. The van der Waals surface area contributed by atoms with Crippen LogP contribution in [-0.2, 0) is 7.05 Å². The summed E-state index contributed by atoms with van der Waals surface area (Å²) in [7, 11) is 3.41. The van der Waals surface area contributed by atoms with Crippen LogP contribution in [0.3, 0.4) is 0 Å². The summed E-state index contributed by atoms with van der Waals surface area (Å²) in [4.78, 5) is 0. The van der Waals surface area contributed by atoms with Crippen molar-refractivity contribution in [3.05, 3.63) is 11.9 Å². The van der Waals surface area contributed by atoms with Crippen LogP contribution in [-0.4, -0.2) is 33.0 Å². The quantitative estimate of drug-likeness (QED) is 0.831. The van der Waals surface area contributed by atoms with E-state index in [-0.39, 0.29) is 0 Å². The molecule has 0 aromatic carbocycles. The van der Waals surface area contributed by atoms with Gasteiger partial charge in [0.05, 0.1) is 13.3 Å². The van der Waals surface area contributed by atoms with Gasteiger partial charge in [-0.15, -0.1) is 0 Å². The molecule has 0 radical (unpaired) electrons. The minimum absolute atomic E-state index is 0.526. The van der Waals surface area contributed by atoms with E-state index >= 15 is 0 Å². The van der Waals surface area contributed by atoms with E-state index in [1.165, 1.54) is 0 Å². The molecule has 5 heteroatoms. The van der Waals surface area contributed by atoms with Crippen molar-refractivity contribution in [3.63, 3.8) is 0 Å². The van der Waals surface area contributed by atoms with Crippen LogP contribution >= 0.6 is 11.8 Å². The second kappa shape index (κ2) is 6.15. The Morgan fingerprint density at radius 1 is 1.62 bits per heavy atom. The smallest absolute Gasteiger partial charge is 0.162 e. The number of rotatable bonds is 6. The first-order valence-electron chi connectivity index (χ1n) is 5.45. The highest BCUT2D eigenvalue weighted by Crippen LogP contribution is 2.28. The zero-order valence-electron chi connectivity index (χ0n) is 10.3. The molecule has 0 aliphatic carbocycles. The Bertz CT molecular complexity index is 328. The number of aliphatic hydroxyl groups excluding tert-OH is 1. The highest BCUT2D eigenvalue weighted by atomic mass is 32.2. The molecule has 92 valence electrons. The molecule has 1 heterocycles. The van der Waals surface area contributed by atoms with Crippen LogP contribution in [0, 0.1) is 0 Å². The lowest BCUT2D eigenvalue weighted by molar-refractivity contribution is 0.188. The average Bonchev–Trinajstić information content (AvgIpc) is 2.66. The number of thioether (sulfide) groups is 1. The zero-order chi connectivity index (χ0) is 12.1. The third-order valence-electron chi connectivity index (χ3n) is 2.60. The minimum Gasteiger partial charge on any atom is -0.493 e. The topological polar surface area (TPSA) is 47.3 Å². The molecule has 0 aliphatic rings. The van der Waals surface area contributed by atoms with E-state index < -0.39 is 6.10 Å². The van der Waals surface area contributed by atoms with Crippen LogP contribution in [0.2, 0.25) is 0 Å². The van der Waals surface area contributed by atoms with Crippen molar-refractivity contribution in [2.45, 2.75) is 31.6 Å². The zero-order valence-corrected chi connectivity index (χ0v) is 11.1. The van der Waals surface area contributed by atoms with E-state index in [0.29, 0.717) is 16.8 Å². The van der Waals surface area contributed by atoms with Crippen LogP contribution in [0.5, 0.6) is 5.75 Å². The molecule has 1 N–H and O–H groups in total. The molecule has 2 atom stereocenters. The molecule has 1 rings (SSSR count). The number of aromatic nitrogens is 2. The van der Waals surface area contributed by atoms with Crippen molar-refractivity contribution in [2.75, 3.05) is 12.9 Å². The summed E-state index contributed by atoms with van der Waals surface area (Å²) >= 11 is 1.76. The number of aryl methyl sites for hydroxylation is 1. The van der Waals surface area contributed by atoms with Crippen molar-refractivity contribution >= 4 is 11.8 Å². The van der Waals surface area contributed by atoms with E-state index in [0.717, 1.165) is 12.1 Å². The lowest BCUT2D eigenvalue weighted by atomic mass is 10.2. The molecular formula is C11H20N2O2S. The summed E-state index contributed by atoms with van der Waals surface area (Å²) in [6, 6.07) is 0. The summed E-state index contributed by atoms with van der Waals surface area (Å²) < 4.78 is 6.84. The Hall–Kier alpha value is -0.680. The lowest BCUT2D eigenvalue weighted by Crippen LogP contribution is -2.10. The molecule has 0 amide bonds. The maximum Gasteiger partial charge on any atom is 0.162 e. The van der Waals surface area contributed by atoms with Crippen molar-refractivity contribution in [3.8, 4) is 5.75 Å². The largest absolute Gasteiger partial charge is 0.493 e. The fraction of sp³-hybridized carbons (Fsp3) is 0.727. The van der Waals surface area contributed by atoms with Crippen LogP contribution < -0.4 is 4.74 Å². The van der Waals surface area contributed by atoms with Gasteiger partial charge >= 0.3 is 0 Å². The highest BCUT2D eigenvalue weighted by Gasteiger charge is 2.18. The van der Waals surface area contributed by atoms with Crippen LogP contribution in [0.1, 0.15) is 32.1 Å². The third kappa shape index (κ3) is 3.15. The first kappa shape index (κ1) is 13.4. The van der Waals surface area contributed by atoms with E-state index in [4.69, 9.17) is 4.74 Å². The Balaban J connectivity index is 2.64. The molecule has 0 saturated heterocycles. The standard InChI is InChI=1S/C11H20N2O2S/c1-5-8(2)16-7-9(14)11-10(15-4)6-12-13(11)3/h6,8-9,14H,5,7H2,1-4H3. The van der Waals surface area contributed by atoms with Crippen LogP contribution in [0.15, 0.2) is 6.20 Å². The van der Waals surface area contributed by atoms with Gasteiger partial charge in [-0.25, -0.2) is 0 Å². The molecule has 0 bridgehead atoms. The second-order valence-electron chi connectivity index (χ2n) is 3.79. The third-order valence-corrected chi connectivity index (χ3v) is 4.01. The van der Waals surface area contributed by atoms with Gasteiger partial charge in [0.1, 0.15) is 11.8 Å². The average molecular weight is 244 g/mol. The molecule has 0 aliphatic heterocycles. The number of methoxy groups -OCH3 is 1. The monoisotopic (exact) mass is 244 g/mol. The van der Waals surface area contributed by atoms with Gasteiger partial charge < -0.3 is 9.84 Å². The Morgan fingerprint density at radius 3 is 2.88 bits per heavy atom. The first-order valence-corrected chi connectivity index (χ1v) is 6.50. The second-order valence-corrected chi connectivity index (χ2v) is 5.26. The van der Waals surface area contributed by atoms with Crippen LogP contribution in [0.4, 0.5) is 0 Å². The molecule has 0 fully saturated rings. The predicted molar refractivity (Wildman–Crippen MR) is 66.9 cm³/mol. The van der Waals surface area contributed by atoms with Crippen molar-refractivity contribution in [1.29, 1.82) is 0 Å². The van der Waals surface area contributed by atoms with Gasteiger partial charge in [0.25, 0.3) is 0 Å². The Kier molecular flexibility index (Phi) is 5.15. The fourth-order valence-electron chi connectivity index (χ4n) is 1.42. The molecule has 16 heavy (non-hydrogen) atoms. The normalized spacial score (nSPS) is 14.8. The van der Waals surface area contributed by atoms with Gasteiger partial charge in [0, 0.05) is 18.1 Å². The molecule has 4 nitrogen and oxygen atoms in total. The minimum atomic E-state index is -0.526. The van der Waals surface area contributed by atoms with Crippen molar-refractivity contribution in [1.82, 2.24) is 9.78 Å². The molecule has 2 unspecified atom stereocenters. The highest BCUT2D eigenvalue weighted by molar-refractivity contribution is 7.99. The van der Waals surface area contributed by atoms with Crippen molar-refractivity contribution in [2.24, 2.45) is 7.05 Å². The Labute approximate surface area is 101 Å². The lowest BCUT2D eigenvalue weighted by Gasteiger charge is -2.15. The van der Waals surface area contributed by atoms with E-state index in [1.54, 1.807) is 29.8 Å². The molecular weight excluding hydrogens is 224 g/mol. The van der Waals surface area contributed by atoms with Crippen molar-refractivity contribution < 1.29 is 9.84 Å². The van der Waals surface area contributed by atoms with E-state index in [9.17, 15) is 5.11 Å². The van der Waals surface area contributed by atoms with Crippen LogP contribution in [0.25, 0.3) is 0 Å². The SMILES string of the molecule is CCC(C)SCC(O)c1c(OC)cnn1C. The van der Waals surface area contributed by atoms with Gasteiger partial charge in [-0.05, 0) is 6.42 Å². The summed E-state index contributed by atoms with van der Waals surface area (Å²) in [6.07, 6.45) is 2.22. The molecule has 1 aromatic rings. The van der Waals surface area contributed by atoms with Gasteiger partial charge in [0.2, 0.25) is 0 Å². The maximum atomic E-state index is 10.1.